The van der Waals surface area contributed by atoms with Crippen molar-refractivity contribution in [3.05, 3.63) is 35.2 Å². The maximum Gasteiger partial charge on any atom is 0.407 e. The van der Waals surface area contributed by atoms with E-state index >= 15 is 0 Å². The Bertz CT molecular complexity index is 715. The van der Waals surface area contributed by atoms with E-state index in [0.717, 1.165) is 15.0 Å². The van der Waals surface area contributed by atoms with Gasteiger partial charge in [0.1, 0.15) is 6.04 Å². The van der Waals surface area contributed by atoms with Crippen molar-refractivity contribution in [2.24, 2.45) is 0 Å². The zero-order valence-corrected chi connectivity index (χ0v) is 15.5. The second-order valence-electron chi connectivity index (χ2n) is 5.30. The molecule has 1 aliphatic heterocycles. The van der Waals surface area contributed by atoms with Crippen LogP contribution in [0, 0.1) is 0 Å². The van der Waals surface area contributed by atoms with Crippen molar-refractivity contribution in [1.29, 1.82) is 0 Å². The molecule has 1 N–H and O–H groups in total. The van der Waals surface area contributed by atoms with Gasteiger partial charge in [-0.1, -0.05) is 30.0 Å². The van der Waals surface area contributed by atoms with Gasteiger partial charge in [0.15, 0.2) is 6.10 Å². The molecule has 1 amide bonds. The van der Waals surface area contributed by atoms with Crippen molar-refractivity contribution in [2.45, 2.75) is 12.1 Å². The van der Waals surface area contributed by atoms with Crippen LogP contribution in [-0.2, 0) is 9.47 Å². The number of hydrogen-bond donors (Lipinski definition) is 1. The average Bonchev–Trinajstić information content (AvgIpc) is 3.03. The number of carboxylic acid groups (broad SMARTS) is 1. The van der Waals surface area contributed by atoms with Crippen LogP contribution in [0.1, 0.15) is 11.0 Å². The van der Waals surface area contributed by atoms with Crippen LogP contribution in [0.25, 0.3) is 10.1 Å². The zero-order chi connectivity index (χ0) is 17.1. The first-order chi connectivity index (χ1) is 11.6. The minimum Gasteiger partial charge on any atom is -0.467 e. The fraction of sp³-hybridized carbons (Fsp3) is 0.375. The molecular formula is C16H17NO4S3. The lowest BCUT2D eigenvalue weighted by atomic mass is 10.1. The molecule has 1 aromatic heterocycles. The number of amides is 1. The number of thiocarbonyl (C=S) groups is 1. The summed E-state index contributed by atoms with van der Waals surface area (Å²) in [6.45, 7) is 1.02. The maximum absolute atomic E-state index is 11.6. The van der Waals surface area contributed by atoms with E-state index in [4.69, 9.17) is 21.7 Å². The van der Waals surface area contributed by atoms with Gasteiger partial charge in [-0.2, -0.15) is 0 Å². The standard InChI is InChI=1S/C16H17NO4S3/c1-23-16(22)21-14(11-9-20-7-6-17(11)15(18)19)13-8-10-4-2-3-5-12(10)24-13/h2-5,8,11,14H,6-7,9H2,1H3,(H,18,19). The van der Waals surface area contributed by atoms with Crippen molar-refractivity contribution in [3.8, 4) is 0 Å². The highest BCUT2D eigenvalue weighted by Crippen LogP contribution is 2.36. The molecule has 0 radical (unpaired) electrons. The second kappa shape index (κ2) is 7.69. The van der Waals surface area contributed by atoms with Gasteiger partial charge in [0.25, 0.3) is 0 Å². The number of morpholine rings is 1. The second-order valence-corrected chi connectivity index (χ2v) is 7.82. The summed E-state index contributed by atoms with van der Waals surface area (Å²) < 4.78 is 13.0. The SMILES string of the molecule is CSC(=S)OC(c1cc2ccccc2s1)C1COCCN1C(=O)O. The third kappa shape index (κ3) is 3.66. The molecule has 0 saturated carbocycles. The molecule has 5 nitrogen and oxygen atoms in total. The Kier molecular flexibility index (Phi) is 5.60. The van der Waals surface area contributed by atoms with Crippen LogP contribution in [0.4, 0.5) is 4.79 Å². The highest BCUT2D eigenvalue weighted by molar-refractivity contribution is 8.22. The lowest BCUT2D eigenvalue weighted by Gasteiger charge is -2.37. The molecule has 0 bridgehead atoms. The third-order valence-electron chi connectivity index (χ3n) is 3.88. The highest BCUT2D eigenvalue weighted by atomic mass is 32.2. The van der Waals surface area contributed by atoms with Crippen molar-refractivity contribution < 1.29 is 19.4 Å². The van der Waals surface area contributed by atoms with Crippen LogP contribution in [-0.4, -0.2) is 52.5 Å². The summed E-state index contributed by atoms with van der Waals surface area (Å²) in [5.74, 6) is 0. The Hall–Kier alpha value is -1.35. The molecule has 128 valence electrons. The fourth-order valence-corrected chi connectivity index (χ4v) is 4.19. The number of ether oxygens (including phenoxy) is 2. The number of thioether (sulfide) groups is 1. The Balaban J connectivity index is 1.98. The summed E-state index contributed by atoms with van der Waals surface area (Å²) >= 11 is 8.16. The molecule has 1 saturated heterocycles. The van der Waals surface area contributed by atoms with Gasteiger partial charge in [-0.05, 0) is 36.0 Å². The molecule has 3 rings (SSSR count). The summed E-state index contributed by atoms with van der Waals surface area (Å²) in [5, 5.41) is 10.6. The van der Waals surface area contributed by atoms with Crippen molar-refractivity contribution in [1.82, 2.24) is 4.90 Å². The van der Waals surface area contributed by atoms with Gasteiger partial charge in [0, 0.05) is 16.1 Å². The number of carbonyl (C=O) groups is 1. The van der Waals surface area contributed by atoms with Crippen LogP contribution < -0.4 is 0 Å². The number of fused-ring (bicyclic) bond motifs is 1. The van der Waals surface area contributed by atoms with Gasteiger partial charge in [0.2, 0.25) is 4.38 Å². The third-order valence-corrected chi connectivity index (χ3v) is 6.08. The van der Waals surface area contributed by atoms with Gasteiger partial charge >= 0.3 is 6.09 Å². The Morgan fingerprint density at radius 3 is 3.04 bits per heavy atom. The molecule has 1 aromatic carbocycles. The summed E-state index contributed by atoms with van der Waals surface area (Å²) in [4.78, 5) is 14.0. The predicted octanol–water partition coefficient (Wildman–Crippen LogP) is 3.99. The van der Waals surface area contributed by atoms with Gasteiger partial charge in [-0.25, -0.2) is 4.79 Å². The van der Waals surface area contributed by atoms with Gasteiger partial charge < -0.3 is 14.6 Å². The van der Waals surface area contributed by atoms with E-state index in [0.29, 0.717) is 24.1 Å². The first kappa shape index (κ1) is 17.5. The number of nitrogens with zero attached hydrogens (tertiary/aromatic N) is 1. The van der Waals surface area contributed by atoms with Crippen molar-refractivity contribution in [2.75, 3.05) is 26.0 Å². The van der Waals surface area contributed by atoms with Crippen LogP contribution >= 0.6 is 35.3 Å². The van der Waals surface area contributed by atoms with E-state index < -0.39 is 18.2 Å². The van der Waals surface area contributed by atoms with E-state index in [2.05, 4.69) is 0 Å². The minimum absolute atomic E-state index is 0.294. The molecular weight excluding hydrogens is 366 g/mol. The van der Waals surface area contributed by atoms with Crippen molar-refractivity contribution in [3.63, 3.8) is 0 Å². The smallest absolute Gasteiger partial charge is 0.407 e. The number of benzene rings is 1. The predicted molar refractivity (Wildman–Crippen MR) is 101 cm³/mol. The first-order valence-electron chi connectivity index (χ1n) is 7.40. The van der Waals surface area contributed by atoms with Crippen LogP contribution in [0.3, 0.4) is 0 Å². The largest absolute Gasteiger partial charge is 0.467 e. The molecule has 0 spiro atoms. The van der Waals surface area contributed by atoms with Crippen molar-refractivity contribution >= 4 is 55.9 Å². The lowest BCUT2D eigenvalue weighted by molar-refractivity contribution is -0.0425. The summed E-state index contributed by atoms with van der Waals surface area (Å²) in [6.07, 6.45) is 0.406. The Labute approximate surface area is 153 Å². The Morgan fingerprint density at radius 2 is 2.33 bits per heavy atom. The fourth-order valence-electron chi connectivity index (χ4n) is 2.73. The molecule has 0 aliphatic carbocycles. The molecule has 2 aromatic rings. The zero-order valence-electron chi connectivity index (χ0n) is 13.0. The summed E-state index contributed by atoms with van der Waals surface area (Å²) in [6, 6.07) is 9.66. The molecule has 2 atom stereocenters. The minimum atomic E-state index is -0.965. The highest BCUT2D eigenvalue weighted by Gasteiger charge is 2.37. The topological polar surface area (TPSA) is 59.0 Å². The first-order valence-corrected chi connectivity index (χ1v) is 9.85. The molecule has 2 heterocycles. The normalized spacial score (nSPS) is 19.2. The quantitative estimate of drug-likeness (QED) is 0.809. The molecule has 24 heavy (non-hydrogen) atoms. The van der Waals surface area contributed by atoms with Gasteiger partial charge in [0.05, 0.1) is 13.2 Å². The average molecular weight is 384 g/mol. The molecule has 1 fully saturated rings. The maximum atomic E-state index is 11.6. The van der Waals surface area contributed by atoms with Gasteiger partial charge in [-0.15, -0.1) is 11.3 Å². The molecule has 2 unspecified atom stereocenters. The number of rotatable bonds is 3. The van der Waals surface area contributed by atoms with E-state index in [1.165, 1.54) is 16.7 Å². The molecule has 8 heteroatoms. The Morgan fingerprint density at radius 1 is 1.54 bits per heavy atom. The van der Waals surface area contributed by atoms with E-state index in [9.17, 15) is 9.90 Å². The van der Waals surface area contributed by atoms with Gasteiger partial charge in [-0.3, -0.25) is 4.90 Å². The summed E-state index contributed by atoms with van der Waals surface area (Å²) in [5.41, 5.74) is 0. The van der Waals surface area contributed by atoms with E-state index in [-0.39, 0.29) is 0 Å². The number of thiophene rings is 1. The molecule has 1 aliphatic rings. The van der Waals surface area contributed by atoms with Crippen LogP contribution in [0.2, 0.25) is 0 Å². The lowest BCUT2D eigenvalue weighted by Crippen LogP contribution is -2.51. The van der Waals surface area contributed by atoms with Crippen LogP contribution in [0.15, 0.2) is 30.3 Å². The van der Waals surface area contributed by atoms with E-state index in [1.807, 2.05) is 36.6 Å². The van der Waals surface area contributed by atoms with Crippen LogP contribution in [0.5, 0.6) is 0 Å². The number of hydrogen-bond acceptors (Lipinski definition) is 6. The van der Waals surface area contributed by atoms with E-state index in [1.54, 1.807) is 11.3 Å². The summed E-state index contributed by atoms with van der Waals surface area (Å²) in [7, 11) is 0. The monoisotopic (exact) mass is 383 g/mol.